The summed E-state index contributed by atoms with van der Waals surface area (Å²) in [6, 6.07) is 5.31. The molecular formula is C28H34FN5O2. The molecule has 0 radical (unpaired) electrons. The van der Waals surface area contributed by atoms with Crippen LogP contribution in [0.3, 0.4) is 0 Å². The van der Waals surface area contributed by atoms with Gasteiger partial charge in [0.15, 0.2) is 5.78 Å². The van der Waals surface area contributed by atoms with Gasteiger partial charge in [-0.15, -0.1) is 0 Å². The Morgan fingerprint density at radius 3 is 2.56 bits per heavy atom. The Balaban J connectivity index is 1.87. The highest BCUT2D eigenvalue weighted by Gasteiger charge is 2.43. The van der Waals surface area contributed by atoms with E-state index in [4.69, 9.17) is 0 Å². The van der Waals surface area contributed by atoms with Gasteiger partial charge in [-0.2, -0.15) is 0 Å². The number of amides is 1. The van der Waals surface area contributed by atoms with Gasteiger partial charge in [0.25, 0.3) is 0 Å². The molecule has 1 fully saturated rings. The third-order valence-electron chi connectivity index (χ3n) is 6.15. The van der Waals surface area contributed by atoms with E-state index in [1.165, 1.54) is 6.33 Å². The summed E-state index contributed by atoms with van der Waals surface area (Å²) in [7, 11) is 0. The van der Waals surface area contributed by atoms with Crippen LogP contribution in [-0.4, -0.2) is 32.8 Å². The van der Waals surface area contributed by atoms with E-state index in [0.717, 1.165) is 35.3 Å². The lowest BCUT2D eigenvalue weighted by Crippen LogP contribution is -2.16. The Kier molecular flexibility index (Phi) is 9.22. The Labute approximate surface area is 212 Å². The number of rotatable bonds is 11. The van der Waals surface area contributed by atoms with E-state index >= 15 is 0 Å². The van der Waals surface area contributed by atoms with Gasteiger partial charge in [-0.3, -0.25) is 9.59 Å². The lowest BCUT2D eigenvalue weighted by Gasteiger charge is -2.15. The van der Waals surface area contributed by atoms with E-state index in [1.807, 2.05) is 52.8 Å². The molecule has 2 atom stereocenters. The van der Waals surface area contributed by atoms with Crippen LogP contribution in [0.4, 0.5) is 16.0 Å². The van der Waals surface area contributed by atoms with Gasteiger partial charge in [0.1, 0.15) is 24.1 Å². The number of anilines is 2. The normalized spacial score (nSPS) is 18.4. The fraction of sp³-hybridized carbons (Fsp3) is 0.393. The van der Waals surface area contributed by atoms with Gasteiger partial charge in [0.05, 0.1) is 11.6 Å². The Morgan fingerprint density at radius 2 is 1.92 bits per heavy atom. The van der Waals surface area contributed by atoms with Crippen molar-refractivity contribution in [2.24, 2.45) is 5.92 Å². The van der Waals surface area contributed by atoms with Crippen molar-refractivity contribution in [3.63, 3.8) is 0 Å². The van der Waals surface area contributed by atoms with Crippen molar-refractivity contribution in [1.29, 1.82) is 0 Å². The van der Waals surface area contributed by atoms with E-state index in [1.54, 1.807) is 18.3 Å². The van der Waals surface area contributed by atoms with Crippen molar-refractivity contribution in [3.8, 4) is 11.3 Å². The minimum Gasteiger partial charge on any atom is -0.340 e. The quantitative estimate of drug-likeness (QED) is 0.287. The third kappa shape index (κ3) is 6.71. The molecule has 0 saturated heterocycles. The number of hydrogen-bond donors (Lipinski definition) is 2. The number of alkyl halides is 1. The molecule has 1 aliphatic rings. The van der Waals surface area contributed by atoms with Gasteiger partial charge in [0.2, 0.25) is 5.91 Å². The first-order valence-corrected chi connectivity index (χ1v) is 12.4. The first kappa shape index (κ1) is 26.9. The van der Waals surface area contributed by atoms with Crippen molar-refractivity contribution in [1.82, 2.24) is 15.0 Å². The fourth-order valence-corrected chi connectivity index (χ4v) is 3.75. The van der Waals surface area contributed by atoms with E-state index in [9.17, 15) is 14.0 Å². The van der Waals surface area contributed by atoms with E-state index in [-0.39, 0.29) is 18.1 Å². The van der Waals surface area contributed by atoms with Gasteiger partial charge in [-0.1, -0.05) is 25.5 Å². The summed E-state index contributed by atoms with van der Waals surface area (Å²) < 4.78 is 13.2. The standard InChI is InChI=1S/C28H34FN5O2/c1-6-10-25(35)20(17(4)7-2)13-18(5)23(8-3)33-27-19(11-9-12-30-27)24-15-26(32-16-31-24)34-28(36)21-14-22(21)29/h8-9,11-13,15-16,21-22H,6-7,10,14H2,1-5H3,(H,30,33)(H,31,32,34,36)/b18-13-,20-17-,23-8+. The number of halogens is 1. The monoisotopic (exact) mass is 491 g/mol. The third-order valence-corrected chi connectivity index (χ3v) is 6.15. The maximum absolute atomic E-state index is 13.2. The predicted octanol–water partition coefficient (Wildman–Crippen LogP) is 6.19. The fourth-order valence-electron chi connectivity index (χ4n) is 3.75. The number of Topliss-reactive ketones (excluding diaryl/α,β-unsaturated/α-hetero) is 1. The molecule has 2 aromatic heterocycles. The average molecular weight is 492 g/mol. The summed E-state index contributed by atoms with van der Waals surface area (Å²) in [6.45, 7) is 9.92. The van der Waals surface area contributed by atoms with Crippen LogP contribution in [0.25, 0.3) is 11.3 Å². The molecule has 2 unspecified atom stereocenters. The lowest BCUT2D eigenvalue weighted by atomic mass is 9.97. The molecule has 1 saturated carbocycles. The summed E-state index contributed by atoms with van der Waals surface area (Å²) >= 11 is 0. The number of hydrogen-bond acceptors (Lipinski definition) is 6. The molecule has 0 aromatic carbocycles. The SMILES string of the molecule is C\C=C(Nc1ncccc1-c1cc(NC(=O)C2CC2F)ncn1)/C(C)=C\C(C(=O)CCC)=C(/C)CC. The van der Waals surface area contributed by atoms with E-state index in [0.29, 0.717) is 29.3 Å². The molecule has 2 N–H and O–H groups in total. The van der Waals surface area contributed by atoms with Gasteiger partial charge in [-0.05, 0) is 63.8 Å². The highest BCUT2D eigenvalue weighted by molar-refractivity contribution is 5.99. The summed E-state index contributed by atoms with van der Waals surface area (Å²) in [5.74, 6) is 0.0347. The van der Waals surface area contributed by atoms with Crippen LogP contribution < -0.4 is 10.6 Å². The molecule has 190 valence electrons. The largest absolute Gasteiger partial charge is 0.340 e. The molecule has 0 bridgehead atoms. The number of carbonyl (C=O) groups is 2. The van der Waals surface area contributed by atoms with E-state index < -0.39 is 12.1 Å². The molecular weight excluding hydrogens is 457 g/mol. The number of aromatic nitrogens is 3. The first-order chi connectivity index (χ1) is 17.3. The zero-order chi connectivity index (χ0) is 26.2. The molecule has 1 aliphatic carbocycles. The topological polar surface area (TPSA) is 96.9 Å². The maximum atomic E-state index is 13.2. The van der Waals surface area contributed by atoms with Crippen LogP contribution in [-0.2, 0) is 9.59 Å². The Morgan fingerprint density at radius 1 is 1.17 bits per heavy atom. The smallest absolute Gasteiger partial charge is 0.231 e. The van der Waals surface area contributed by atoms with Gasteiger partial charge < -0.3 is 10.6 Å². The second-order valence-electron chi connectivity index (χ2n) is 8.91. The minimum absolute atomic E-state index is 0.144. The lowest BCUT2D eigenvalue weighted by molar-refractivity contribution is -0.118. The van der Waals surface area contributed by atoms with Crippen LogP contribution >= 0.6 is 0 Å². The van der Waals surface area contributed by atoms with Crippen LogP contribution in [0.5, 0.6) is 0 Å². The van der Waals surface area contributed by atoms with Crippen molar-refractivity contribution in [2.75, 3.05) is 10.6 Å². The summed E-state index contributed by atoms with van der Waals surface area (Å²) in [5.41, 5.74) is 4.79. The highest BCUT2D eigenvalue weighted by atomic mass is 19.1. The van der Waals surface area contributed by atoms with Gasteiger partial charge >= 0.3 is 0 Å². The van der Waals surface area contributed by atoms with Crippen molar-refractivity contribution in [3.05, 3.63) is 65.3 Å². The Hall–Kier alpha value is -3.68. The van der Waals surface area contributed by atoms with Crippen molar-refractivity contribution < 1.29 is 14.0 Å². The zero-order valence-electron chi connectivity index (χ0n) is 21.6. The number of nitrogens with zero attached hydrogens (tertiary/aromatic N) is 3. The molecule has 2 aromatic rings. The number of pyridine rings is 1. The molecule has 8 heteroatoms. The number of nitrogens with one attached hydrogen (secondary N) is 2. The molecule has 3 rings (SSSR count). The van der Waals surface area contributed by atoms with Crippen molar-refractivity contribution in [2.45, 2.75) is 66.5 Å². The van der Waals surface area contributed by atoms with E-state index in [2.05, 4.69) is 25.6 Å². The second kappa shape index (κ2) is 12.3. The zero-order valence-corrected chi connectivity index (χ0v) is 21.6. The number of ketones is 1. The minimum atomic E-state index is -1.08. The highest BCUT2D eigenvalue weighted by Crippen LogP contribution is 2.35. The molecule has 7 nitrogen and oxygen atoms in total. The summed E-state index contributed by atoms with van der Waals surface area (Å²) in [4.78, 5) is 37.8. The van der Waals surface area contributed by atoms with Gasteiger partial charge in [-0.25, -0.2) is 19.3 Å². The maximum Gasteiger partial charge on any atom is 0.231 e. The van der Waals surface area contributed by atoms with Gasteiger partial charge in [0, 0.05) is 35.5 Å². The summed E-state index contributed by atoms with van der Waals surface area (Å²) in [5, 5.41) is 6.04. The average Bonchev–Trinajstić information content (AvgIpc) is 3.62. The molecule has 1 amide bonds. The van der Waals surface area contributed by atoms with Crippen molar-refractivity contribution >= 4 is 23.3 Å². The predicted molar refractivity (Wildman–Crippen MR) is 141 cm³/mol. The number of allylic oxidation sites excluding steroid dienone is 5. The molecule has 36 heavy (non-hydrogen) atoms. The van der Waals surface area contributed by atoms with Crippen LogP contribution in [0, 0.1) is 5.92 Å². The molecule has 0 spiro atoms. The van der Waals surface area contributed by atoms with Crippen LogP contribution in [0.15, 0.2) is 65.3 Å². The molecule has 2 heterocycles. The first-order valence-electron chi connectivity index (χ1n) is 12.4. The second-order valence-corrected chi connectivity index (χ2v) is 8.91. The molecule has 0 aliphatic heterocycles. The van der Waals surface area contributed by atoms with Crippen LogP contribution in [0.1, 0.15) is 60.3 Å². The number of carbonyl (C=O) groups excluding carboxylic acids is 2. The van der Waals surface area contributed by atoms with Crippen LogP contribution in [0.2, 0.25) is 0 Å². The summed E-state index contributed by atoms with van der Waals surface area (Å²) in [6.07, 6.45) is 8.19. The Bertz CT molecular complexity index is 1220.